The molecular formula is C16H31ClN4O. The highest BCUT2D eigenvalue weighted by molar-refractivity contribution is 5.85. The fourth-order valence-electron chi connectivity index (χ4n) is 3.84. The maximum Gasteiger partial charge on any atom is 0.236 e. The van der Waals surface area contributed by atoms with E-state index in [0.29, 0.717) is 12.5 Å². The van der Waals surface area contributed by atoms with Crippen molar-refractivity contribution in [3.05, 3.63) is 0 Å². The number of rotatable bonds is 4. The average molecular weight is 331 g/mol. The Morgan fingerprint density at radius 2 is 1.55 bits per heavy atom. The summed E-state index contributed by atoms with van der Waals surface area (Å²) >= 11 is 0. The van der Waals surface area contributed by atoms with Crippen LogP contribution in [0.3, 0.4) is 0 Å². The van der Waals surface area contributed by atoms with E-state index >= 15 is 0 Å². The fourth-order valence-corrected chi connectivity index (χ4v) is 3.84. The van der Waals surface area contributed by atoms with Crippen LogP contribution in [0.15, 0.2) is 0 Å². The minimum Gasteiger partial charge on any atom is -0.339 e. The normalized spacial score (nSPS) is 25.2. The number of hydrogen-bond acceptors (Lipinski definition) is 4. The molecular weight excluding hydrogens is 300 g/mol. The molecule has 0 aliphatic carbocycles. The SMILES string of the molecule is Cl.O=C(CN1CCCC1)N1CCN(CC2CCNCC2)CC1. The summed E-state index contributed by atoms with van der Waals surface area (Å²) in [6.07, 6.45) is 5.15. The second-order valence-electron chi connectivity index (χ2n) is 6.86. The predicted octanol–water partition coefficient (Wildman–Crippen LogP) is 0.648. The fraction of sp³-hybridized carbons (Fsp3) is 0.938. The summed E-state index contributed by atoms with van der Waals surface area (Å²) in [6, 6.07) is 0. The Hall–Kier alpha value is -0.360. The molecule has 1 N–H and O–H groups in total. The van der Waals surface area contributed by atoms with Crippen LogP contribution in [-0.2, 0) is 4.79 Å². The molecule has 1 amide bonds. The Morgan fingerprint density at radius 3 is 2.18 bits per heavy atom. The monoisotopic (exact) mass is 330 g/mol. The van der Waals surface area contributed by atoms with Gasteiger partial charge in [0.05, 0.1) is 6.54 Å². The number of hydrogen-bond donors (Lipinski definition) is 1. The second kappa shape index (κ2) is 9.06. The number of carbonyl (C=O) groups is 1. The third kappa shape index (κ3) is 5.08. The van der Waals surface area contributed by atoms with Gasteiger partial charge in [0.25, 0.3) is 0 Å². The number of nitrogens with one attached hydrogen (secondary N) is 1. The van der Waals surface area contributed by atoms with Crippen LogP contribution in [0.25, 0.3) is 0 Å². The topological polar surface area (TPSA) is 38.8 Å². The van der Waals surface area contributed by atoms with Crippen molar-refractivity contribution >= 4 is 18.3 Å². The van der Waals surface area contributed by atoms with Gasteiger partial charge in [-0.3, -0.25) is 14.6 Å². The summed E-state index contributed by atoms with van der Waals surface area (Å²) < 4.78 is 0. The smallest absolute Gasteiger partial charge is 0.236 e. The molecule has 0 spiro atoms. The zero-order chi connectivity index (χ0) is 14.5. The molecule has 3 aliphatic heterocycles. The summed E-state index contributed by atoms with van der Waals surface area (Å²) in [5.41, 5.74) is 0. The van der Waals surface area contributed by atoms with Gasteiger partial charge in [-0.05, 0) is 57.8 Å². The van der Waals surface area contributed by atoms with Gasteiger partial charge >= 0.3 is 0 Å². The Labute approximate surface area is 140 Å². The van der Waals surface area contributed by atoms with Crippen LogP contribution >= 0.6 is 12.4 Å². The molecule has 0 saturated carbocycles. The van der Waals surface area contributed by atoms with Crippen molar-refractivity contribution < 1.29 is 4.79 Å². The lowest BCUT2D eigenvalue weighted by molar-refractivity contribution is -0.134. The summed E-state index contributed by atoms with van der Waals surface area (Å²) in [7, 11) is 0. The standard InChI is InChI=1S/C16H30N4O.ClH/c21-16(14-18-7-1-2-8-18)20-11-9-19(10-12-20)13-15-3-5-17-6-4-15;/h15,17H,1-14H2;1H. The van der Waals surface area contributed by atoms with Crippen molar-refractivity contribution in [3.8, 4) is 0 Å². The summed E-state index contributed by atoms with van der Waals surface area (Å²) in [5, 5.41) is 3.43. The third-order valence-electron chi connectivity index (χ3n) is 5.26. The molecule has 0 radical (unpaired) electrons. The third-order valence-corrected chi connectivity index (χ3v) is 5.26. The molecule has 3 rings (SSSR count). The van der Waals surface area contributed by atoms with E-state index in [9.17, 15) is 4.79 Å². The molecule has 0 atom stereocenters. The summed E-state index contributed by atoms with van der Waals surface area (Å²) in [4.78, 5) is 19.3. The molecule has 3 fully saturated rings. The number of halogens is 1. The molecule has 0 unspecified atom stereocenters. The average Bonchev–Trinajstić information content (AvgIpc) is 3.02. The van der Waals surface area contributed by atoms with Crippen LogP contribution in [0.5, 0.6) is 0 Å². The van der Waals surface area contributed by atoms with Gasteiger partial charge in [0, 0.05) is 32.7 Å². The quantitative estimate of drug-likeness (QED) is 0.821. The molecule has 3 saturated heterocycles. The first kappa shape index (κ1) is 18.0. The maximum absolute atomic E-state index is 12.3. The second-order valence-corrected chi connectivity index (χ2v) is 6.86. The van der Waals surface area contributed by atoms with Crippen molar-refractivity contribution in [1.82, 2.24) is 20.0 Å². The number of piperidine rings is 1. The highest BCUT2D eigenvalue weighted by Crippen LogP contribution is 2.15. The van der Waals surface area contributed by atoms with E-state index in [1.54, 1.807) is 0 Å². The minimum atomic E-state index is 0. The number of carbonyl (C=O) groups excluding carboxylic acids is 1. The molecule has 5 nitrogen and oxygen atoms in total. The van der Waals surface area contributed by atoms with Crippen LogP contribution < -0.4 is 5.32 Å². The summed E-state index contributed by atoms with van der Waals surface area (Å²) in [6.45, 7) is 10.4. The van der Waals surface area contributed by atoms with Crippen molar-refractivity contribution in [2.45, 2.75) is 25.7 Å². The lowest BCUT2D eigenvalue weighted by Gasteiger charge is -2.37. The number of nitrogens with zero attached hydrogens (tertiary/aromatic N) is 3. The van der Waals surface area contributed by atoms with E-state index in [2.05, 4.69) is 20.0 Å². The molecule has 3 heterocycles. The number of piperazine rings is 1. The Bertz CT molecular complexity index is 335. The lowest BCUT2D eigenvalue weighted by Crippen LogP contribution is -2.52. The van der Waals surface area contributed by atoms with Gasteiger partial charge in [-0.1, -0.05) is 0 Å². The van der Waals surface area contributed by atoms with Crippen LogP contribution in [0.4, 0.5) is 0 Å². The van der Waals surface area contributed by atoms with Crippen molar-refractivity contribution in [2.75, 3.05) is 65.4 Å². The molecule has 0 bridgehead atoms. The van der Waals surface area contributed by atoms with E-state index in [0.717, 1.165) is 45.2 Å². The zero-order valence-electron chi connectivity index (χ0n) is 13.6. The molecule has 128 valence electrons. The molecule has 3 aliphatic rings. The highest BCUT2D eigenvalue weighted by Gasteiger charge is 2.25. The van der Waals surface area contributed by atoms with Gasteiger partial charge in [-0.15, -0.1) is 12.4 Å². The first-order valence-corrected chi connectivity index (χ1v) is 8.74. The molecule has 0 aromatic heterocycles. The molecule has 6 heteroatoms. The molecule has 22 heavy (non-hydrogen) atoms. The first-order chi connectivity index (χ1) is 10.3. The van der Waals surface area contributed by atoms with E-state index in [1.807, 2.05) is 0 Å². The van der Waals surface area contributed by atoms with E-state index in [4.69, 9.17) is 0 Å². The van der Waals surface area contributed by atoms with Crippen LogP contribution in [0, 0.1) is 5.92 Å². The minimum absolute atomic E-state index is 0. The van der Waals surface area contributed by atoms with Crippen LogP contribution in [0.1, 0.15) is 25.7 Å². The van der Waals surface area contributed by atoms with E-state index in [-0.39, 0.29) is 12.4 Å². The van der Waals surface area contributed by atoms with Gasteiger partial charge in [0.15, 0.2) is 0 Å². The predicted molar refractivity (Wildman–Crippen MR) is 91.5 cm³/mol. The lowest BCUT2D eigenvalue weighted by atomic mass is 9.97. The zero-order valence-corrected chi connectivity index (χ0v) is 14.5. The van der Waals surface area contributed by atoms with Gasteiger partial charge in [-0.2, -0.15) is 0 Å². The van der Waals surface area contributed by atoms with E-state index < -0.39 is 0 Å². The maximum atomic E-state index is 12.3. The van der Waals surface area contributed by atoms with E-state index in [1.165, 1.54) is 45.3 Å². The largest absolute Gasteiger partial charge is 0.339 e. The van der Waals surface area contributed by atoms with Gasteiger partial charge in [-0.25, -0.2) is 0 Å². The van der Waals surface area contributed by atoms with Gasteiger partial charge in [0.1, 0.15) is 0 Å². The van der Waals surface area contributed by atoms with Crippen molar-refractivity contribution in [1.29, 1.82) is 0 Å². The number of amides is 1. The Kier molecular flexibility index (Phi) is 7.41. The van der Waals surface area contributed by atoms with Gasteiger partial charge in [0.2, 0.25) is 5.91 Å². The van der Waals surface area contributed by atoms with Crippen LogP contribution in [0.2, 0.25) is 0 Å². The molecule has 0 aromatic carbocycles. The van der Waals surface area contributed by atoms with Gasteiger partial charge < -0.3 is 10.2 Å². The summed E-state index contributed by atoms with van der Waals surface area (Å²) in [5.74, 6) is 1.21. The van der Waals surface area contributed by atoms with Crippen LogP contribution in [-0.4, -0.2) is 86.1 Å². The van der Waals surface area contributed by atoms with Crippen molar-refractivity contribution in [3.63, 3.8) is 0 Å². The first-order valence-electron chi connectivity index (χ1n) is 8.74. The van der Waals surface area contributed by atoms with Crippen molar-refractivity contribution in [2.24, 2.45) is 5.92 Å². The highest BCUT2D eigenvalue weighted by atomic mass is 35.5. The Morgan fingerprint density at radius 1 is 0.909 bits per heavy atom. The molecule has 0 aromatic rings. The Balaban J connectivity index is 0.00000176. The number of likely N-dealkylation sites (tertiary alicyclic amines) is 1.